The number of carbonyl (C=O) groups is 1. The molecule has 1 amide bonds. The van der Waals surface area contributed by atoms with Gasteiger partial charge in [-0.05, 0) is 48.5 Å². The molecule has 130 valence electrons. The molecule has 0 saturated heterocycles. The van der Waals surface area contributed by atoms with E-state index in [9.17, 15) is 4.79 Å². The van der Waals surface area contributed by atoms with Crippen molar-refractivity contribution in [3.8, 4) is 11.5 Å². The van der Waals surface area contributed by atoms with Crippen LogP contribution < -0.4 is 15.4 Å². The Morgan fingerprint density at radius 3 is 2.35 bits per heavy atom. The molecule has 0 bridgehead atoms. The third-order valence-corrected chi connectivity index (χ3v) is 3.41. The third kappa shape index (κ3) is 4.67. The Hall–Kier alpha value is -3.67. The number of nitrogens with zero attached hydrogens (tertiary/aromatic N) is 2. The quantitative estimate of drug-likeness (QED) is 0.634. The Labute approximate surface area is 151 Å². The van der Waals surface area contributed by atoms with Gasteiger partial charge in [-0.3, -0.25) is 4.79 Å². The highest BCUT2D eigenvalue weighted by atomic mass is 16.5. The summed E-state index contributed by atoms with van der Waals surface area (Å²) >= 11 is 0. The van der Waals surface area contributed by atoms with E-state index in [4.69, 9.17) is 4.74 Å². The first kappa shape index (κ1) is 17.2. The lowest BCUT2D eigenvalue weighted by Crippen LogP contribution is -2.24. The molecule has 3 rings (SSSR count). The number of para-hydroxylation sites is 1. The summed E-state index contributed by atoms with van der Waals surface area (Å²) < 4.78 is 5.75. The maximum atomic E-state index is 11.8. The van der Waals surface area contributed by atoms with Crippen LogP contribution in [0.15, 0.2) is 79.4 Å². The van der Waals surface area contributed by atoms with Crippen molar-refractivity contribution in [3.63, 3.8) is 0 Å². The predicted octanol–water partition coefficient (Wildman–Crippen LogP) is 3.93. The van der Waals surface area contributed by atoms with Crippen molar-refractivity contribution in [2.75, 3.05) is 11.9 Å². The van der Waals surface area contributed by atoms with E-state index >= 15 is 0 Å². The minimum absolute atomic E-state index is 0.254. The molecule has 0 aliphatic carbocycles. The highest BCUT2D eigenvalue weighted by Gasteiger charge is 2.07. The molecule has 0 saturated carbocycles. The fourth-order valence-corrected chi connectivity index (χ4v) is 2.15. The van der Waals surface area contributed by atoms with Gasteiger partial charge in [-0.25, -0.2) is 0 Å². The summed E-state index contributed by atoms with van der Waals surface area (Å²) in [6, 6.07) is 20.4. The zero-order valence-corrected chi connectivity index (χ0v) is 14.1. The molecular weight excluding hydrogens is 328 g/mol. The first-order valence-electron chi connectivity index (χ1n) is 8.07. The van der Waals surface area contributed by atoms with Crippen molar-refractivity contribution in [2.24, 2.45) is 0 Å². The van der Waals surface area contributed by atoms with Gasteiger partial charge in [0.25, 0.3) is 5.91 Å². The number of hydrogen-bond acceptors (Lipinski definition) is 5. The standard InChI is InChI=1S/C20H18N4O2/c1-2-14-21-20(25)18-12-13-19(24-23-18)22-15-8-10-17(11-9-15)26-16-6-4-3-5-7-16/h2-13H,1,14H2,(H,21,25)(H,22,24). The SMILES string of the molecule is C=CCNC(=O)c1ccc(Nc2ccc(Oc3ccccc3)cc2)nn1. The number of benzene rings is 2. The fourth-order valence-electron chi connectivity index (χ4n) is 2.15. The van der Waals surface area contributed by atoms with Crippen LogP contribution in [0.3, 0.4) is 0 Å². The Balaban J connectivity index is 1.60. The zero-order chi connectivity index (χ0) is 18.2. The van der Waals surface area contributed by atoms with Crippen molar-refractivity contribution in [1.82, 2.24) is 15.5 Å². The second kappa shape index (κ2) is 8.43. The van der Waals surface area contributed by atoms with Gasteiger partial charge in [-0.2, -0.15) is 0 Å². The molecule has 3 aromatic rings. The van der Waals surface area contributed by atoms with Crippen LogP contribution in [0.1, 0.15) is 10.5 Å². The molecule has 26 heavy (non-hydrogen) atoms. The van der Waals surface area contributed by atoms with E-state index in [0.29, 0.717) is 12.4 Å². The number of amides is 1. The molecule has 0 radical (unpaired) electrons. The van der Waals surface area contributed by atoms with Crippen LogP contribution in [0.25, 0.3) is 0 Å². The summed E-state index contributed by atoms with van der Waals surface area (Å²) in [5, 5.41) is 13.7. The minimum atomic E-state index is -0.286. The Morgan fingerprint density at radius 2 is 1.69 bits per heavy atom. The van der Waals surface area contributed by atoms with Crippen molar-refractivity contribution >= 4 is 17.4 Å². The minimum Gasteiger partial charge on any atom is -0.457 e. The molecule has 0 fully saturated rings. The summed E-state index contributed by atoms with van der Waals surface area (Å²) in [5.41, 5.74) is 1.09. The number of aromatic nitrogens is 2. The van der Waals surface area contributed by atoms with Gasteiger partial charge >= 0.3 is 0 Å². The van der Waals surface area contributed by atoms with E-state index in [0.717, 1.165) is 17.2 Å². The molecule has 1 aromatic heterocycles. The molecule has 6 nitrogen and oxygen atoms in total. The molecule has 1 heterocycles. The van der Waals surface area contributed by atoms with Gasteiger partial charge in [-0.15, -0.1) is 16.8 Å². The largest absolute Gasteiger partial charge is 0.457 e. The van der Waals surface area contributed by atoms with Gasteiger partial charge in [0.2, 0.25) is 0 Å². The molecular formula is C20H18N4O2. The van der Waals surface area contributed by atoms with Crippen molar-refractivity contribution in [2.45, 2.75) is 0 Å². The highest BCUT2D eigenvalue weighted by Crippen LogP contribution is 2.23. The molecule has 2 aromatic carbocycles. The summed E-state index contributed by atoms with van der Waals surface area (Å²) in [4.78, 5) is 11.8. The summed E-state index contributed by atoms with van der Waals surface area (Å²) in [6.07, 6.45) is 1.60. The summed E-state index contributed by atoms with van der Waals surface area (Å²) in [7, 11) is 0. The normalized spacial score (nSPS) is 10.0. The van der Waals surface area contributed by atoms with Crippen molar-refractivity contribution in [3.05, 3.63) is 85.1 Å². The molecule has 0 atom stereocenters. The van der Waals surface area contributed by atoms with E-state index in [1.54, 1.807) is 18.2 Å². The lowest BCUT2D eigenvalue weighted by Gasteiger charge is -2.08. The van der Waals surface area contributed by atoms with E-state index in [-0.39, 0.29) is 11.6 Å². The Kier molecular flexibility index (Phi) is 5.57. The van der Waals surface area contributed by atoms with Crippen molar-refractivity contribution in [1.29, 1.82) is 0 Å². The van der Waals surface area contributed by atoms with Crippen LogP contribution in [0.4, 0.5) is 11.5 Å². The average molecular weight is 346 g/mol. The maximum absolute atomic E-state index is 11.8. The third-order valence-electron chi connectivity index (χ3n) is 3.41. The molecule has 0 aliphatic rings. The van der Waals surface area contributed by atoms with Crippen LogP contribution in [0.5, 0.6) is 11.5 Å². The fraction of sp³-hybridized carbons (Fsp3) is 0.0500. The molecule has 2 N–H and O–H groups in total. The average Bonchev–Trinajstić information content (AvgIpc) is 2.69. The lowest BCUT2D eigenvalue weighted by molar-refractivity contribution is 0.0952. The molecule has 0 aliphatic heterocycles. The van der Waals surface area contributed by atoms with Crippen LogP contribution in [-0.4, -0.2) is 22.6 Å². The van der Waals surface area contributed by atoms with Crippen LogP contribution in [-0.2, 0) is 0 Å². The van der Waals surface area contributed by atoms with E-state index < -0.39 is 0 Å². The first-order chi connectivity index (χ1) is 12.7. The van der Waals surface area contributed by atoms with Gasteiger partial charge in [-0.1, -0.05) is 24.3 Å². The number of ether oxygens (including phenoxy) is 1. The maximum Gasteiger partial charge on any atom is 0.272 e. The van der Waals surface area contributed by atoms with Crippen LogP contribution in [0, 0.1) is 0 Å². The van der Waals surface area contributed by atoms with E-state index in [1.807, 2.05) is 54.6 Å². The molecule has 0 spiro atoms. The second-order valence-corrected chi connectivity index (χ2v) is 5.37. The lowest BCUT2D eigenvalue weighted by atomic mass is 10.3. The second-order valence-electron chi connectivity index (χ2n) is 5.37. The topological polar surface area (TPSA) is 76.1 Å². The number of rotatable bonds is 7. The predicted molar refractivity (Wildman–Crippen MR) is 101 cm³/mol. The summed E-state index contributed by atoms with van der Waals surface area (Å²) in [5.74, 6) is 1.78. The van der Waals surface area contributed by atoms with Gasteiger partial charge in [0.05, 0.1) is 0 Å². The molecule has 0 unspecified atom stereocenters. The number of carbonyl (C=O) groups excluding carboxylic acids is 1. The molecule has 6 heteroatoms. The van der Waals surface area contributed by atoms with E-state index in [2.05, 4.69) is 27.4 Å². The number of nitrogens with one attached hydrogen (secondary N) is 2. The van der Waals surface area contributed by atoms with Crippen molar-refractivity contribution < 1.29 is 9.53 Å². The highest BCUT2D eigenvalue weighted by molar-refractivity contribution is 5.92. The van der Waals surface area contributed by atoms with Gasteiger partial charge < -0.3 is 15.4 Å². The smallest absolute Gasteiger partial charge is 0.272 e. The zero-order valence-electron chi connectivity index (χ0n) is 14.1. The van der Waals surface area contributed by atoms with Crippen LogP contribution in [0.2, 0.25) is 0 Å². The monoisotopic (exact) mass is 346 g/mol. The first-order valence-corrected chi connectivity index (χ1v) is 8.07. The summed E-state index contributed by atoms with van der Waals surface area (Å²) in [6.45, 7) is 3.93. The Bertz CT molecular complexity index is 863. The van der Waals surface area contributed by atoms with Gasteiger partial charge in [0.1, 0.15) is 11.5 Å². The van der Waals surface area contributed by atoms with Gasteiger partial charge in [0.15, 0.2) is 11.5 Å². The number of hydrogen-bond donors (Lipinski definition) is 2. The Morgan fingerprint density at radius 1 is 0.962 bits per heavy atom. The number of anilines is 2. The van der Waals surface area contributed by atoms with Crippen LogP contribution >= 0.6 is 0 Å². The van der Waals surface area contributed by atoms with E-state index in [1.165, 1.54) is 0 Å². The van der Waals surface area contributed by atoms with Gasteiger partial charge in [0, 0.05) is 12.2 Å².